The highest BCUT2D eigenvalue weighted by Gasteiger charge is 2.62. The number of aromatic nitrogens is 3. The van der Waals surface area contributed by atoms with Crippen molar-refractivity contribution < 1.29 is 36.2 Å². The monoisotopic (exact) mass is 595 g/mol. The molecule has 0 aliphatic carbocycles. The molecule has 38 heavy (non-hydrogen) atoms. The number of carbonyl (C=O) groups is 1. The van der Waals surface area contributed by atoms with E-state index in [-0.39, 0.29) is 24.7 Å². The van der Waals surface area contributed by atoms with Crippen LogP contribution in [0.4, 0.5) is 22.0 Å². The largest absolute Gasteiger partial charge is 0.488 e. The van der Waals surface area contributed by atoms with Crippen LogP contribution in [0.1, 0.15) is 28.5 Å². The van der Waals surface area contributed by atoms with Gasteiger partial charge in [0.25, 0.3) is 0 Å². The molecule has 0 bridgehead atoms. The average molecular weight is 596 g/mol. The summed E-state index contributed by atoms with van der Waals surface area (Å²) in [5.41, 5.74) is -1.13. The molecule has 2 heterocycles. The van der Waals surface area contributed by atoms with E-state index in [0.717, 1.165) is 10.0 Å². The molecule has 0 amide bonds. The molecular weight excluding hydrogens is 577 g/mol. The molecule has 4 rings (SSSR count). The van der Waals surface area contributed by atoms with Gasteiger partial charge in [0, 0.05) is 10.0 Å². The molecule has 0 aliphatic rings. The van der Waals surface area contributed by atoms with Gasteiger partial charge in [-0.25, -0.2) is 14.5 Å². The zero-order valence-electron chi connectivity index (χ0n) is 19.7. The number of halogens is 6. The first-order valence-corrected chi connectivity index (χ1v) is 12.0. The van der Waals surface area contributed by atoms with E-state index in [1.807, 2.05) is 24.3 Å². The molecule has 0 atom stereocenters. The lowest BCUT2D eigenvalue weighted by molar-refractivity contribution is -0.291. The lowest BCUT2D eigenvalue weighted by Gasteiger charge is -2.21. The quantitative estimate of drug-likeness (QED) is 0.160. The Labute approximate surface area is 222 Å². The maximum atomic E-state index is 14.6. The minimum atomic E-state index is -6.00. The summed E-state index contributed by atoms with van der Waals surface area (Å²) in [5, 5.41) is 3.65. The van der Waals surface area contributed by atoms with Crippen LogP contribution in [0.3, 0.4) is 0 Å². The Morgan fingerprint density at radius 2 is 1.68 bits per heavy atom. The zero-order valence-corrected chi connectivity index (χ0v) is 21.3. The van der Waals surface area contributed by atoms with Gasteiger partial charge in [-0.05, 0) is 48.9 Å². The topological polar surface area (TPSA) is 66.2 Å². The van der Waals surface area contributed by atoms with E-state index in [9.17, 15) is 26.7 Å². The molecule has 6 nitrogen and oxygen atoms in total. The molecule has 2 aromatic carbocycles. The van der Waals surface area contributed by atoms with Crippen molar-refractivity contribution in [3.63, 3.8) is 0 Å². The fraction of sp³-hybridized carbons (Fsp3) is 0.192. The molecular formula is C26H19BrF5N3O3. The normalized spacial score (nSPS) is 11.9. The van der Waals surface area contributed by atoms with E-state index in [2.05, 4.69) is 30.7 Å². The van der Waals surface area contributed by atoms with Crippen molar-refractivity contribution >= 4 is 21.9 Å². The highest BCUT2D eigenvalue weighted by Crippen LogP contribution is 2.45. The second-order valence-electron chi connectivity index (χ2n) is 7.90. The third-order valence-electron chi connectivity index (χ3n) is 5.34. The number of pyridine rings is 1. The third kappa shape index (κ3) is 5.54. The second kappa shape index (κ2) is 10.9. The number of carbonyl (C=O) groups excluding carboxylic acids is 1. The number of esters is 1. The van der Waals surface area contributed by atoms with E-state index < -0.39 is 29.3 Å². The lowest BCUT2D eigenvalue weighted by atomic mass is 10.1. The number of hydrogen-bond donors (Lipinski definition) is 0. The van der Waals surface area contributed by atoms with E-state index >= 15 is 0 Å². The zero-order chi connectivity index (χ0) is 27.5. The van der Waals surface area contributed by atoms with Gasteiger partial charge in [-0.3, -0.25) is 0 Å². The highest BCUT2D eigenvalue weighted by atomic mass is 79.9. The molecule has 0 saturated heterocycles. The van der Waals surface area contributed by atoms with E-state index in [0.29, 0.717) is 22.2 Å². The third-order valence-corrected chi connectivity index (χ3v) is 5.87. The van der Waals surface area contributed by atoms with E-state index in [1.165, 1.54) is 19.1 Å². The summed E-state index contributed by atoms with van der Waals surface area (Å²) in [4.78, 5) is 16.5. The van der Waals surface area contributed by atoms with Crippen molar-refractivity contribution in [3.8, 4) is 22.8 Å². The lowest BCUT2D eigenvalue weighted by Crippen LogP contribution is -2.37. The number of rotatable bonds is 8. The smallest absolute Gasteiger partial charge is 0.459 e. The second-order valence-corrected chi connectivity index (χ2v) is 8.82. The summed E-state index contributed by atoms with van der Waals surface area (Å²) in [7, 11) is 0. The van der Waals surface area contributed by atoms with Gasteiger partial charge in [-0.15, -0.1) is 0 Å². The van der Waals surface area contributed by atoms with Crippen molar-refractivity contribution in [1.29, 1.82) is 0 Å². The van der Waals surface area contributed by atoms with Gasteiger partial charge in [0.2, 0.25) is 0 Å². The fourth-order valence-electron chi connectivity index (χ4n) is 3.55. The highest BCUT2D eigenvalue weighted by molar-refractivity contribution is 9.10. The van der Waals surface area contributed by atoms with Crippen molar-refractivity contribution in [2.75, 3.05) is 6.61 Å². The Kier molecular flexibility index (Phi) is 7.81. The number of nitrogens with zero attached hydrogens (tertiary/aromatic N) is 3. The Morgan fingerprint density at radius 3 is 2.37 bits per heavy atom. The molecule has 0 unspecified atom stereocenters. The number of hydrogen-bond acceptors (Lipinski definition) is 5. The summed E-state index contributed by atoms with van der Waals surface area (Å²) >= 11 is 3.36. The average Bonchev–Trinajstić information content (AvgIpc) is 3.34. The Hall–Kier alpha value is -3.80. The van der Waals surface area contributed by atoms with Crippen LogP contribution in [-0.4, -0.2) is 33.5 Å². The Bertz CT molecular complexity index is 1440. The minimum Gasteiger partial charge on any atom is -0.488 e. The maximum Gasteiger partial charge on any atom is 0.459 e. The van der Waals surface area contributed by atoms with Gasteiger partial charge in [-0.2, -0.15) is 27.1 Å². The number of para-hydroxylation sites is 1. The standard InChI is InChI=1S/C26H19BrF5N3O3/c1-2-37-24(36)19-14-33-35(23(19)25(28,29)26(30,31)32)22-9-5-7-20(34-22)18-6-3-4-8-21(18)38-15-16-10-12-17(27)13-11-16/h3-14H,2,15H2,1H3. The molecule has 0 spiro atoms. The molecule has 0 saturated carbocycles. The van der Waals surface area contributed by atoms with Gasteiger partial charge >= 0.3 is 18.1 Å². The number of alkyl halides is 5. The Morgan fingerprint density at radius 1 is 0.974 bits per heavy atom. The van der Waals surface area contributed by atoms with Crippen LogP contribution in [0.25, 0.3) is 17.1 Å². The van der Waals surface area contributed by atoms with Crippen molar-refractivity contribution in [3.05, 3.63) is 94.2 Å². The number of ether oxygens (including phenoxy) is 2. The van der Waals surface area contributed by atoms with Crippen LogP contribution in [-0.2, 0) is 17.3 Å². The molecule has 12 heteroatoms. The summed E-state index contributed by atoms with van der Waals surface area (Å²) in [5.74, 6) is -6.73. The molecule has 0 aliphatic heterocycles. The van der Waals surface area contributed by atoms with Gasteiger partial charge in [0.15, 0.2) is 5.82 Å². The summed E-state index contributed by atoms with van der Waals surface area (Å²) < 4.78 is 81.2. The van der Waals surface area contributed by atoms with Gasteiger partial charge < -0.3 is 9.47 Å². The maximum absolute atomic E-state index is 14.6. The fourth-order valence-corrected chi connectivity index (χ4v) is 3.82. The minimum absolute atomic E-state index is 0.216. The van der Waals surface area contributed by atoms with E-state index in [4.69, 9.17) is 4.74 Å². The number of benzene rings is 2. The van der Waals surface area contributed by atoms with Crippen molar-refractivity contribution in [2.45, 2.75) is 25.6 Å². The first-order chi connectivity index (χ1) is 18.0. The van der Waals surface area contributed by atoms with Gasteiger partial charge in [0.1, 0.15) is 23.6 Å². The summed E-state index contributed by atoms with van der Waals surface area (Å²) in [6.45, 7) is 1.38. The van der Waals surface area contributed by atoms with Crippen LogP contribution >= 0.6 is 15.9 Å². The molecule has 0 N–H and O–H groups in total. The van der Waals surface area contributed by atoms with Crippen LogP contribution < -0.4 is 4.74 Å². The van der Waals surface area contributed by atoms with Crippen LogP contribution in [0.2, 0.25) is 0 Å². The summed E-state index contributed by atoms with van der Waals surface area (Å²) in [6, 6.07) is 18.4. The van der Waals surface area contributed by atoms with Crippen molar-refractivity contribution in [2.24, 2.45) is 0 Å². The molecule has 4 aromatic rings. The van der Waals surface area contributed by atoms with Crippen LogP contribution in [0, 0.1) is 0 Å². The first-order valence-electron chi connectivity index (χ1n) is 11.2. The Balaban J connectivity index is 1.75. The molecule has 0 fully saturated rings. The van der Waals surface area contributed by atoms with Gasteiger partial charge in [0.05, 0.1) is 18.5 Å². The summed E-state index contributed by atoms with van der Waals surface area (Å²) in [6.07, 6.45) is -5.40. The SMILES string of the molecule is CCOC(=O)c1cnn(-c2cccc(-c3ccccc3OCc3ccc(Br)cc3)n2)c1C(F)(F)C(F)(F)F. The predicted octanol–water partition coefficient (Wildman–Crippen LogP) is 7.11. The van der Waals surface area contributed by atoms with Crippen LogP contribution in [0.5, 0.6) is 5.75 Å². The molecule has 0 radical (unpaired) electrons. The van der Waals surface area contributed by atoms with E-state index in [1.54, 1.807) is 30.3 Å². The predicted molar refractivity (Wildman–Crippen MR) is 131 cm³/mol. The van der Waals surface area contributed by atoms with Gasteiger partial charge in [-0.1, -0.05) is 46.3 Å². The molecule has 2 aromatic heterocycles. The molecule has 198 valence electrons. The van der Waals surface area contributed by atoms with Crippen molar-refractivity contribution in [1.82, 2.24) is 14.8 Å². The first kappa shape index (κ1) is 27.2. The van der Waals surface area contributed by atoms with Crippen LogP contribution in [0.15, 0.2) is 77.4 Å².